The van der Waals surface area contributed by atoms with Crippen LogP contribution < -0.4 is 5.56 Å². The smallest absolute Gasteiger partial charge is 0.260 e. The maximum Gasteiger partial charge on any atom is 0.260 e. The summed E-state index contributed by atoms with van der Waals surface area (Å²) in [6.45, 7) is 0. The zero-order chi connectivity index (χ0) is 11.5. The highest BCUT2D eigenvalue weighted by molar-refractivity contribution is 5.82. The van der Waals surface area contributed by atoms with Gasteiger partial charge in [0.05, 0.1) is 17.2 Å². The largest absolute Gasteiger partial charge is 0.302 e. The molecule has 80 valence electrons. The van der Waals surface area contributed by atoms with Gasteiger partial charge in [0.25, 0.3) is 5.56 Å². The third-order valence-electron chi connectivity index (χ3n) is 2.31. The molecule has 2 rings (SSSR count). The van der Waals surface area contributed by atoms with Crippen LogP contribution in [0.4, 0.5) is 0 Å². The summed E-state index contributed by atoms with van der Waals surface area (Å²) in [4.78, 5) is 26.1. The quantitative estimate of drug-likeness (QED) is 0.556. The lowest BCUT2D eigenvalue weighted by Crippen LogP contribution is -2.16. The summed E-state index contributed by atoms with van der Waals surface area (Å²) in [7, 11) is 1.66. The highest BCUT2D eigenvalue weighted by Gasteiger charge is 2.01. The van der Waals surface area contributed by atoms with Gasteiger partial charge in [0.1, 0.15) is 6.29 Å². The highest BCUT2D eigenvalue weighted by Crippen LogP contribution is 2.10. The van der Waals surface area contributed by atoms with Gasteiger partial charge >= 0.3 is 0 Å². The van der Waals surface area contributed by atoms with Crippen LogP contribution in [-0.2, 0) is 11.8 Å². The molecule has 0 bridgehead atoms. The lowest BCUT2D eigenvalue weighted by Gasteiger charge is -2.00. The predicted octanol–water partition coefficient (Wildman–Crippen LogP) is 1.15. The fraction of sp³-hybridized carbons (Fsp3) is 0.0833. The summed E-state index contributed by atoms with van der Waals surface area (Å²) in [6, 6.07) is 5.31. The Balaban J connectivity index is 2.69. The molecular formula is C12H10N2O2. The van der Waals surface area contributed by atoms with Crippen molar-refractivity contribution in [2.75, 3.05) is 0 Å². The van der Waals surface area contributed by atoms with Crippen LogP contribution in [0, 0.1) is 0 Å². The minimum atomic E-state index is -0.0913. The number of carbonyl (C=O) groups excluding carboxylic acids is 1. The summed E-state index contributed by atoms with van der Waals surface area (Å²) >= 11 is 0. The molecule has 4 nitrogen and oxygen atoms in total. The van der Waals surface area contributed by atoms with Crippen molar-refractivity contribution in [2.45, 2.75) is 0 Å². The van der Waals surface area contributed by atoms with Gasteiger partial charge < -0.3 is 4.57 Å². The second kappa shape index (κ2) is 4.10. The number of hydrogen-bond acceptors (Lipinski definition) is 3. The number of rotatable bonds is 2. The zero-order valence-electron chi connectivity index (χ0n) is 8.75. The molecule has 0 fully saturated rings. The molecule has 1 aromatic heterocycles. The number of aldehydes is 1. The second-order valence-corrected chi connectivity index (χ2v) is 3.43. The number of aryl methyl sites for hydroxylation is 1. The molecule has 0 N–H and O–H groups in total. The summed E-state index contributed by atoms with van der Waals surface area (Å²) in [5, 5.41) is 0.554. The molecule has 0 spiro atoms. The van der Waals surface area contributed by atoms with Crippen LogP contribution in [0.5, 0.6) is 0 Å². The minimum absolute atomic E-state index is 0.0913. The highest BCUT2D eigenvalue weighted by atomic mass is 16.1. The van der Waals surface area contributed by atoms with Crippen LogP contribution in [0.1, 0.15) is 5.56 Å². The lowest BCUT2D eigenvalue weighted by molar-refractivity contribution is -0.104. The fourth-order valence-corrected chi connectivity index (χ4v) is 1.48. The maximum atomic E-state index is 11.8. The molecule has 0 radical (unpaired) electrons. The number of nitrogens with zero attached hydrogens (tertiary/aromatic N) is 2. The van der Waals surface area contributed by atoms with Crippen molar-refractivity contribution in [3.8, 4) is 0 Å². The van der Waals surface area contributed by atoms with Crippen LogP contribution in [0.3, 0.4) is 0 Å². The molecule has 0 aliphatic carbocycles. The minimum Gasteiger partial charge on any atom is -0.302 e. The van der Waals surface area contributed by atoms with Gasteiger partial charge in [0, 0.05) is 7.05 Å². The Bertz CT molecular complexity index is 626. The van der Waals surface area contributed by atoms with E-state index in [1.807, 2.05) is 6.07 Å². The molecule has 0 saturated heterocycles. The molecule has 0 saturated carbocycles. The van der Waals surface area contributed by atoms with Crippen molar-refractivity contribution in [1.29, 1.82) is 0 Å². The van der Waals surface area contributed by atoms with Crippen molar-refractivity contribution >= 4 is 23.3 Å². The van der Waals surface area contributed by atoms with E-state index in [4.69, 9.17) is 0 Å². The molecule has 0 unspecified atom stereocenters. The van der Waals surface area contributed by atoms with E-state index in [0.29, 0.717) is 17.2 Å². The standard InChI is InChI=1S/C12H10N2O2/c1-14-8-13-11-5-4-9(3-2-6-15)7-10(11)12(14)16/h2-8H,1H3. The van der Waals surface area contributed by atoms with Crippen LogP contribution >= 0.6 is 0 Å². The van der Waals surface area contributed by atoms with Gasteiger partial charge in [-0.1, -0.05) is 12.1 Å². The first-order valence-corrected chi connectivity index (χ1v) is 4.79. The Hall–Kier alpha value is -2.23. The molecular weight excluding hydrogens is 204 g/mol. The summed E-state index contributed by atoms with van der Waals surface area (Å²) < 4.78 is 1.43. The first-order valence-electron chi connectivity index (χ1n) is 4.79. The Morgan fingerprint density at radius 3 is 2.94 bits per heavy atom. The summed E-state index contributed by atoms with van der Waals surface area (Å²) in [5.74, 6) is 0. The Labute approximate surface area is 91.9 Å². The number of fused-ring (bicyclic) bond motifs is 1. The van der Waals surface area contributed by atoms with E-state index in [-0.39, 0.29) is 5.56 Å². The van der Waals surface area contributed by atoms with E-state index in [0.717, 1.165) is 5.56 Å². The van der Waals surface area contributed by atoms with Gasteiger partial charge in [0.15, 0.2) is 0 Å². The molecule has 0 aliphatic rings. The molecule has 4 heteroatoms. The molecule has 0 aliphatic heterocycles. The first-order chi connectivity index (χ1) is 7.72. The fourth-order valence-electron chi connectivity index (χ4n) is 1.48. The number of carbonyl (C=O) groups is 1. The zero-order valence-corrected chi connectivity index (χ0v) is 8.75. The average molecular weight is 214 g/mol. The van der Waals surface area contributed by atoms with Crippen LogP contribution in [0.25, 0.3) is 17.0 Å². The number of benzene rings is 1. The van der Waals surface area contributed by atoms with Gasteiger partial charge in [-0.05, 0) is 23.8 Å². The third-order valence-corrected chi connectivity index (χ3v) is 2.31. The molecule has 1 heterocycles. The van der Waals surface area contributed by atoms with Crippen molar-refractivity contribution in [3.63, 3.8) is 0 Å². The van der Waals surface area contributed by atoms with Crippen LogP contribution in [0.15, 0.2) is 35.4 Å². The monoisotopic (exact) mass is 214 g/mol. The van der Waals surface area contributed by atoms with E-state index in [2.05, 4.69) is 4.98 Å². The van der Waals surface area contributed by atoms with Crippen LogP contribution in [0.2, 0.25) is 0 Å². The molecule has 0 atom stereocenters. The number of allylic oxidation sites excluding steroid dienone is 1. The SMILES string of the molecule is Cn1cnc2ccc(C=CC=O)cc2c1=O. The molecule has 16 heavy (non-hydrogen) atoms. The van der Waals surface area contributed by atoms with E-state index >= 15 is 0 Å². The van der Waals surface area contributed by atoms with Gasteiger partial charge in [-0.3, -0.25) is 9.59 Å². The molecule has 2 aromatic rings. The van der Waals surface area contributed by atoms with Crippen molar-refractivity contribution < 1.29 is 4.79 Å². The average Bonchev–Trinajstić information content (AvgIpc) is 2.31. The number of hydrogen-bond donors (Lipinski definition) is 0. The van der Waals surface area contributed by atoms with Gasteiger partial charge in [-0.15, -0.1) is 0 Å². The van der Waals surface area contributed by atoms with E-state index in [9.17, 15) is 9.59 Å². The van der Waals surface area contributed by atoms with Gasteiger partial charge in [-0.25, -0.2) is 4.98 Å². The topological polar surface area (TPSA) is 52.0 Å². The van der Waals surface area contributed by atoms with E-state index in [1.165, 1.54) is 17.0 Å². The normalized spacial score (nSPS) is 11.1. The molecule has 1 aromatic carbocycles. The van der Waals surface area contributed by atoms with Crippen molar-refractivity contribution in [3.05, 3.63) is 46.5 Å². The molecule has 0 amide bonds. The summed E-state index contributed by atoms with van der Waals surface area (Å²) in [6.07, 6.45) is 5.23. The van der Waals surface area contributed by atoms with E-state index < -0.39 is 0 Å². The summed E-state index contributed by atoms with van der Waals surface area (Å²) in [5.41, 5.74) is 1.38. The van der Waals surface area contributed by atoms with Crippen LogP contribution in [-0.4, -0.2) is 15.8 Å². The third kappa shape index (κ3) is 1.77. The Morgan fingerprint density at radius 1 is 1.38 bits per heavy atom. The van der Waals surface area contributed by atoms with Crippen molar-refractivity contribution in [2.24, 2.45) is 7.05 Å². The Morgan fingerprint density at radius 2 is 2.19 bits per heavy atom. The maximum absolute atomic E-state index is 11.8. The van der Waals surface area contributed by atoms with E-state index in [1.54, 1.807) is 25.3 Å². The second-order valence-electron chi connectivity index (χ2n) is 3.43. The lowest BCUT2D eigenvalue weighted by atomic mass is 10.1. The first kappa shape index (κ1) is 10.3. The predicted molar refractivity (Wildman–Crippen MR) is 62.1 cm³/mol. The Kier molecular flexibility index (Phi) is 2.64. The van der Waals surface area contributed by atoms with Gasteiger partial charge in [-0.2, -0.15) is 0 Å². The van der Waals surface area contributed by atoms with Crippen molar-refractivity contribution in [1.82, 2.24) is 9.55 Å². The number of aromatic nitrogens is 2. The van der Waals surface area contributed by atoms with Gasteiger partial charge in [0.2, 0.25) is 0 Å².